The summed E-state index contributed by atoms with van der Waals surface area (Å²) in [5.41, 5.74) is 11.7. The number of rotatable bonds is 7. The molecular formula is C14H21N3O3. The lowest BCUT2D eigenvalue weighted by molar-refractivity contribution is -0.133. The number of carbonyl (C=O) groups excluding carboxylic acids is 2. The lowest BCUT2D eigenvalue weighted by atomic mass is 10.2. The highest BCUT2D eigenvalue weighted by molar-refractivity contribution is 5.87. The molecule has 4 N–H and O–H groups in total. The molecule has 20 heavy (non-hydrogen) atoms. The van der Waals surface area contributed by atoms with Crippen LogP contribution in [-0.2, 0) is 9.59 Å². The third kappa shape index (κ3) is 5.27. The number of likely N-dealkylation sites (N-methyl/N-ethyl adjacent to an activating group) is 1. The van der Waals surface area contributed by atoms with E-state index in [2.05, 4.69) is 0 Å². The van der Waals surface area contributed by atoms with Crippen LogP contribution < -0.4 is 16.2 Å². The molecule has 6 heteroatoms. The van der Waals surface area contributed by atoms with Gasteiger partial charge in [-0.2, -0.15) is 0 Å². The van der Waals surface area contributed by atoms with E-state index in [1.807, 2.05) is 31.2 Å². The fraction of sp³-hybridized carbons (Fsp3) is 0.429. The summed E-state index contributed by atoms with van der Waals surface area (Å²) in [6, 6.07) is 6.75. The first kappa shape index (κ1) is 16.0. The van der Waals surface area contributed by atoms with Crippen LogP contribution in [0.15, 0.2) is 24.3 Å². The van der Waals surface area contributed by atoms with Crippen molar-refractivity contribution in [1.82, 2.24) is 4.90 Å². The third-order valence-corrected chi connectivity index (χ3v) is 2.83. The monoisotopic (exact) mass is 279 g/mol. The summed E-state index contributed by atoms with van der Waals surface area (Å²) in [6.45, 7) is 2.74. The van der Waals surface area contributed by atoms with Crippen LogP contribution >= 0.6 is 0 Å². The Balaban J connectivity index is 2.35. The Morgan fingerprint density at radius 2 is 1.90 bits per heavy atom. The van der Waals surface area contributed by atoms with E-state index in [0.29, 0.717) is 13.2 Å². The molecule has 0 saturated heterocycles. The molecule has 0 radical (unpaired) electrons. The van der Waals surface area contributed by atoms with Crippen LogP contribution in [-0.4, -0.2) is 43.0 Å². The third-order valence-electron chi connectivity index (χ3n) is 2.83. The zero-order valence-corrected chi connectivity index (χ0v) is 11.8. The smallest absolute Gasteiger partial charge is 0.239 e. The van der Waals surface area contributed by atoms with Crippen molar-refractivity contribution in [2.45, 2.75) is 19.4 Å². The summed E-state index contributed by atoms with van der Waals surface area (Å²) in [4.78, 5) is 23.9. The molecule has 0 aliphatic rings. The summed E-state index contributed by atoms with van der Waals surface area (Å²) >= 11 is 0. The van der Waals surface area contributed by atoms with Gasteiger partial charge in [-0.25, -0.2) is 0 Å². The van der Waals surface area contributed by atoms with Gasteiger partial charge in [0.25, 0.3) is 0 Å². The van der Waals surface area contributed by atoms with Crippen LogP contribution in [0.25, 0.3) is 0 Å². The Hall–Kier alpha value is -2.08. The van der Waals surface area contributed by atoms with E-state index in [-0.39, 0.29) is 12.3 Å². The van der Waals surface area contributed by atoms with Crippen LogP contribution in [0.1, 0.15) is 12.0 Å². The van der Waals surface area contributed by atoms with E-state index in [1.54, 1.807) is 7.05 Å². The molecule has 1 aromatic rings. The highest BCUT2D eigenvalue weighted by Gasteiger charge is 2.19. The number of nitrogens with two attached hydrogens (primary N) is 2. The van der Waals surface area contributed by atoms with Gasteiger partial charge in [0.05, 0.1) is 19.0 Å². The highest BCUT2D eigenvalue weighted by atomic mass is 16.5. The molecule has 0 fully saturated rings. The van der Waals surface area contributed by atoms with Crippen molar-refractivity contribution in [2.75, 3.05) is 20.2 Å². The molecule has 1 unspecified atom stereocenters. The molecule has 0 aromatic heterocycles. The van der Waals surface area contributed by atoms with Crippen molar-refractivity contribution in [3.05, 3.63) is 29.8 Å². The van der Waals surface area contributed by atoms with Crippen LogP contribution in [0.4, 0.5) is 0 Å². The topological polar surface area (TPSA) is 98.7 Å². The maximum Gasteiger partial charge on any atom is 0.239 e. The summed E-state index contributed by atoms with van der Waals surface area (Å²) in [5.74, 6) is -0.163. The molecule has 6 nitrogen and oxygen atoms in total. The Labute approximate surface area is 118 Å². The number of hydrogen-bond acceptors (Lipinski definition) is 4. The molecule has 0 aliphatic heterocycles. The van der Waals surface area contributed by atoms with Gasteiger partial charge in [0.15, 0.2) is 0 Å². The van der Waals surface area contributed by atoms with Gasteiger partial charge >= 0.3 is 0 Å². The standard InChI is InChI=1S/C14H21N3O3/c1-10-3-5-11(6-4-10)20-8-7-17(2)14(19)12(15)9-13(16)18/h3-6,12H,7-9,15H2,1-2H3,(H2,16,18). The van der Waals surface area contributed by atoms with E-state index in [9.17, 15) is 9.59 Å². The molecule has 0 heterocycles. The predicted molar refractivity (Wildman–Crippen MR) is 76.1 cm³/mol. The first-order chi connectivity index (χ1) is 9.40. The van der Waals surface area contributed by atoms with Gasteiger partial charge in [-0.15, -0.1) is 0 Å². The van der Waals surface area contributed by atoms with Gasteiger partial charge in [-0.05, 0) is 19.1 Å². The van der Waals surface area contributed by atoms with Crippen LogP contribution in [0.5, 0.6) is 5.75 Å². The van der Waals surface area contributed by atoms with E-state index in [1.165, 1.54) is 4.90 Å². The summed E-state index contributed by atoms with van der Waals surface area (Å²) in [5, 5.41) is 0. The predicted octanol–water partition coefficient (Wildman–Crippen LogP) is 0.0349. The Morgan fingerprint density at radius 1 is 1.30 bits per heavy atom. The average molecular weight is 279 g/mol. The van der Waals surface area contributed by atoms with Gasteiger partial charge in [-0.1, -0.05) is 17.7 Å². The number of carbonyl (C=O) groups is 2. The summed E-state index contributed by atoms with van der Waals surface area (Å²) in [6.07, 6.45) is -0.151. The first-order valence-corrected chi connectivity index (χ1v) is 6.38. The minimum atomic E-state index is -0.892. The molecule has 1 atom stereocenters. The maximum atomic E-state index is 11.8. The number of ether oxygens (including phenoxy) is 1. The molecule has 0 saturated carbocycles. The Morgan fingerprint density at radius 3 is 2.45 bits per heavy atom. The molecule has 110 valence electrons. The molecule has 2 amide bonds. The second-order valence-corrected chi connectivity index (χ2v) is 4.70. The second-order valence-electron chi connectivity index (χ2n) is 4.70. The van der Waals surface area contributed by atoms with Crippen LogP contribution in [0.2, 0.25) is 0 Å². The number of primary amides is 1. The molecule has 0 spiro atoms. The summed E-state index contributed by atoms with van der Waals surface area (Å²) in [7, 11) is 1.61. The fourth-order valence-corrected chi connectivity index (χ4v) is 1.63. The molecule has 1 aromatic carbocycles. The van der Waals surface area contributed by atoms with Gasteiger partial charge < -0.3 is 21.1 Å². The Bertz CT molecular complexity index is 459. The quantitative estimate of drug-likeness (QED) is 0.736. The van der Waals surface area contributed by atoms with Crippen molar-refractivity contribution in [3.8, 4) is 5.75 Å². The first-order valence-electron chi connectivity index (χ1n) is 6.38. The normalized spacial score (nSPS) is 11.8. The second kappa shape index (κ2) is 7.49. The number of benzene rings is 1. The SMILES string of the molecule is Cc1ccc(OCCN(C)C(=O)C(N)CC(N)=O)cc1. The van der Waals surface area contributed by atoms with Gasteiger partial charge in [0.1, 0.15) is 12.4 Å². The molecule has 0 bridgehead atoms. The Kier molecular flexibility index (Phi) is 5.99. The zero-order valence-electron chi connectivity index (χ0n) is 11.8. The largest absolute Gasteiger partial charge is 0.492 e. The van der Waals surface area contributed by atoms with Crippen molar-refractivity contribution in [3.63, 3.8) is 0 Å². The average Bonchev–Trinajstić information content (AvgIpc) is 2.39. The van der Waals surface area contributed by atoms with Crippen molar-refractivity contribution < 1.29 is 14.3 Å². The maximum absolute atomic E-state index is 11.8. The van der Waals surface area contributed by atoms with Crippen molar-refractivity contribution >= 4 is 11.8 Å². The molecule has 0 aliphatic carbocycles. The van der Waals surface area contributed by atoms with E-state index in [4.69, 9.17) is 16.2 Å². The molecular weight excluding hydrogens is 258 g/mol. The van der Waals surface area contributed by atoms with E-state index in [0.717, 1.165) is 11.3 Å². The number of hydrogen-bond donors (Lipinski definition) is 2. The van der Waals surface area contributed by atoms with Crippen molar-refractivity contribution in [1.29, 1.82) is 0 Å². The van der Waals surface area contributed by atoms with Gasteiger partial charge in [-0.3, -0.25) is 9.59 Å². The fourth-order valence-electron chi connectivity index (χ4n) is 1.63. The highest BCUT2D eigenvalue weighted by Crippen LogP contribution is 2.11. The van der Waals surface area contributed by atoms with Gasteiger partial charge in [0.2, 0.25) is 11.8 Å². The van der Waals surface area contributed by atoms with Crippen LogP contribution in [0.3, 0.4) is 0 Å². The molecule has 1 rings (SSSR count). The van der Waals surface area contributed by atoms with Gasteiger partial charge in [0, 0.05) is 7.05 Å². The van der Waals surface area contributed by atoms with Crippen molar-refractivity contribution in [2.24, 2.45) is 11.5 Å². The van der Waals surface area contributed by atoms with Crippen LogP contribution in [0, 0.1) is 6.92 Å². The lowest BCUT2D eigenvalue weighted by Gasteiger charge is -2.20. The minimum absolute atomic E-state index is 0.151. The number of amides is 2. The lowest BCUT2D eigenvalue weighted by Crippen LogP contribution is -2.45. The van der Waals surface area contributed by atoms with E-state index < -0.39 is 11.9 Å². The van der Waals surface area contributed by atoms with E-state index >= 15 is 0 Å². The zero-order chi connectivity index (χ0) is 15.1. The minimum Gasteiger partial charge on any atom is -0.492 e. The summed E-state index contributed by atoms with van der Waals surface area (Å²) < 4.78 is 5.52. The number of nitrogens with zero attached hydrogens (tertiary/aromatic N) is 1. The number of aryl methyl sites for hydroxylation is 1.